The maximum absolute atomic E-state index is 12.1. The number of nitrogens with one attached hydrogen (secondary N) is 2. The molecule has 3 amide bonds. The lowest BCUT2D eigenvalue weighted by molar-refractivity contribution is -0.119. The van der Waals surface area contributed by atoms with Crippen LogP contribution in [0.25, 0.3) is 0 Å². The largest absolute Gasteiger partial charge is 0.352 e. The summed E-state index contributed by atoms with van der Waals surface area (Å²) in [6.07, 6.45) is 7.47. The molecule has 0 radical (unpaired) electrons. The van der Waals surface area contributed by atoms with Gasteiger partial charge in [-0.15, -0.1) is 0 Å². The highest BCUT2D eigenvalue weighted by molar-refractivity contribution is 6.44. The zero-order valence-electron chi connectivity index (χ0n) is 14.0. The number of benzene rings is 1. The zero-order valence-corrected chi connectivity index (χ0v) is 14.0. The lowest BCUT2D eigenvalue weighted by atomic mass is 9.96. The molecule has 1 heterocycles. The molecule has 0 saturated carbocycles. The van der Waals surface area contributed by atoms with E-state index in [0.717, 1.165) is 0 Å². The maximum atomic E-state index is 12.1. The molecule has 3 rings (SSSR count). The van der Waals surface area contributed by atoms with Gasteiger partial charge in [0.15, 0.2) is 0 Å². The average molecular weight is 350 g/mol. The van der Waals surface area contributed by atoms with E-state index in [2.05, 4.69) is 20.6 Å². The molecule has 1 unspecified atom stereocenters. The van der Waals surface area contributed by atoms with Gasteiger partial charge in [-0.1, -0.05) is 36.4 Å². The van der Waals surface area contributed by atoms with E-state index in [1.54, 1.807) is 48.6 Å². The molecule has 1 aliphatic heterocycles. The first-order chi connectivity index (χ1) is 12.6. The molecule has 7 nitrogen and oxygen atoms in total. The number of hydrogen-bond acceptors (Lipinski definition) is 4. The van der Waals surface area contributed by atoms with Crippen molar-refractivity contribution in [2.24, 2.45) is 15.9 Å². The standard InChI is InChI=1S/C19H18N4O3/c24-17(13-7-2-1-3-8-13)20-11-6-12-21-19(26)16-22-15-10-5-4-9-14(15)18(25)23-16/h1-5,7-10,14H,6,11-12H2,(H,20,24)(H,21,26). The topological polar surface area (TPSA) is 100.0 Å². The van der Waals surface area contributed by atoms with Crippen LogP contribution in [-0.4, -0.2) is 42.4 Å². The van der Waals surface area contributed by atoms with Gasteiger partial charge in [0.1, 0.15) is 5.92 Å². The van der Waals surface area contributed by atoms with E-state index in [0.29, 0.717) is 30.8 Å². The van der Waals surface area contributed by atoms with Crippen LogP contribution in [0.1, 0.15) is 16.8 Å². The Kier molecular flexibility index (Phi) is 5.48. The second kappa shape index (κ2) is 8.15. The summed E-state index contributed by atoms with van der Waals surface area (Å²) in [5.74, 6) is -1.68. The molecule has 1 aromatic rings. The van der Waals surface area contributed by atoms with Gasteiger partial charge < -0.3 is 10.6 Å². The SMILES string of the molecule is O=C(NCCCNC(=O)c1ccccc1)C1=NC(=O)C2C=CC=CC2=N1. The van der Waals surface area contributed by atoms with E-state index in [-0.39, 0.29) is 11.7 Å². The van der Waals surface area contributed by atoms with Crippen molar-refractivity contribution in [2.45, 2.75) is 6.42 Å². The predicted octanol–water partition coefficient (Wildman–Crippen LogP) is 1.04. The van der Waals surface area contributed by atoms with E-state index < -0.39 is 17.7 Å². The predicted molar refractivity (Wildman–Crippen MR) is 98.0 cm³/mol. The Balaban J connectivity index is 1.43. The third-order valence-corrected chi connectivity index (χ3v) is 3.88. The third kappa shape index (κ3) is 4.18. The molecule has 1 aromatic carbocycles. The molecule has 0 aromatic heterocycles. The van der Waals surface area contributed by atoms with Crippen molar-refractivity contribution in [1.29, 1.82) is 0 Å². The highest BCUT2D eigenvalue weighted by Gasteiger charge is 2.28. The lowest BCUT2D eigenvalue weighted by Gasteiger charge is -2.17. The number of carbonyl (C=O) groups is 3. The summed E-state index contributed by atoms with van der Waals surface area (Å²) in [4.78, 5) is 43.8. The first kappa shape index (κ1) is 17.5. The zero-order chi connectivity index (χ0) is 18.4. The van der Waals surface area contributed by atoms with Crippen LogP contribution in [0.15, 0.2) is 64.6 Å². The summed E-state index contributed by atoms with van der Waals surface area (Å²) >= 11 is 0. The van der Waals surface area contributed by atoms with Gasteiger partial charge in [-0.2, -0.15) is 4.99 Å². The summed E-state index contributed by atoms with van der Waals surface area (Å²) < 4.78 is 0. The van der Waals surface area contributed by atoms with Crippen LogP contribution in [-0.2, 0) is 9.59 Å². The Morgan fingerprint density at radius 1 is 0.962 bits per heavy atom. The van der Waals surface area contributed by atoms with E-state index >= 15 is 0 Å². The number of amides is 3. The number of allylic oxidation sites excluding steroid dienone is 3. The number of aliphatic imine (C=N–C) groups is 2. The molecule has 7 heteroatoms. The van der Waals surface area contributed by atoms with Crippen LogP contribution in [0.4, 0.5) is 0 Å². The Morgan fingerprint density at radius 3 is 2.46 bits per heavy atom. The second-order valence-corrected chi connectivity index (χ2v) is 5.76. The van der Waals surface area contributed by atoms with Crippen LogP contribution in [0.2, 0.25) is 0 Å². The highest BCUT2D eigenvalue weighted by atomic mass is 16.2. The van der Waals surface area contributed by atoms with Crippen molar-refractivity contribution in [3.8, 4) is 0 Å². The fourth-order valence-electron chi connectivity index (χ4n) is 2.53. The number of amidine groups is 1. The summed E-state index contributed by atoms with van der Waals surface area (Å²) in [5.41, 5.74) is 1.11. The normalized spacial score (nSPS) is 17.8. The van der Waals surface area contributed by atoms with Crippen molar-refractivity contribution in [1.82, 2.24) is 10.6 Å². The van der Waals surface area contributed by atoms with Crippen LogP contribution >= 0.6 is 0 Å². The molecule has 0 bridgehead atoms. The van der Waals surface area contributed by atoms with Crippen molar-refractivity contribution >= 4 is 29.3 Å². The minimum Gasteiger partial charge on any atom is -0.352 e. The Labute approximate surface area is 150 Å². The van der Waals surface area contributed by atoms with E-state index in [1.807, 2.05) is 6.07 Å². The molecule has 1 atom stereocenters. The first-order valence-corrected chi connectivity index (χ1v) is 8.32. The van der Waals surface area contributed by atoms with Gasteiger partial charge in [0.05, 0.1) is 5.71 Å². The summed E-state index contributed by atoms with van der Waals surface area (Å²) in [6.45, 7) is 0.759. The molecule has 2 aliphatic rings. The molecule has 26 heavy (non-hydrogen) atoms. The van der Waals surface area contributed by atoms with Gasteiger partial charge in [-0.25, -0.2) is 4.99 Å². The Hall–Kier alpha value is -3.35. The molecule has 1 aliphatic carbocycles. The minimum absolute atomic E-state index is 0.130. The quantitative estimate of drug-likeness (QED) is 0.750. The Bertz CT molecular complexity index is 838. The lowest BCUT2D eigenvalue weighted by Crippen LogP contribution is -2.37. The fraction of sp³-hybridized carbons (Fsp3) is 0.211. The van der Waals surface area contributed by atoms with Crippen molar-refractivity contribution in [3.63, 3.8) is 0 Å². The number of nitrogens with zero attached hydrogens (tertiary/aromatic N) is 2. The van der Waals surface area contributed by atoms with Crippen LogP contribution in [0.3, 0.4) is 0 Å². The van der Waals surface area contributed by atoms with Gasteiger partial charge in [-0.3, -0.25) is 14.4 Å². The summed E-state index contributed by atoms with van der Waals surface area (Å²) in [7, 11) is 0. The fourth-order valence-corrected chi connectivity index (χ4v) is 2.53. The van der Waals surface area contributed by atoms with E-state index in [4.69, 9.17) is 0 Å². The van der Waals surface area contributed by atoms with Crippen molar-refractivity contribution in [2.75, 3.05) is 13.1 Å². The van der Waals surface area contributed by atoms with Crippen LogP contribution in [0.5, 0.6) is 0 Å². The first-order valence-electron chi connectivity index (χ1n) is 8.32. The summed E-state index contributed by atoms with van der Waals surface area (Å²) in [6, 6.07) is 8.90. The van der Waals surface area contributed by atoms with Crippen LogP contribution < -0.4 is 10.6 Å². The molecular weight excluding hydrogens is 332 g/mol. The molecular formula is C19H18N4O3. The number of fused-ring (bicyclic) bond motifs is 1. The van der Waals surface area contributed by atoms with Crippen molar-refractivity contribution < 1.29 is 14.4 Å². The average Bonchev–Trinajstić information content (AvgIpc) is 2.68. The number of carbonyl (C=O) groups excluding carboxylic acids is 3. The third-order valence-electron chi connectivity index (χ3n) is 3.88. The number of hydrogen-bond donors (Lipinski definition) is 2. The molecule has 2 N–H and O–H groups in total. The smallest absolute Gasteiger partial charge is 0.289 e. The van der Waals surface area contributed by atoms with Crippen LogP contribution in [0, 0.1) is 5.92 Å². The van der Waals surface area contributed by atoms with Gasteiger partial charge >= 0.3 is 0 Å². The highest BCUT2D eigenvalue weighted by Crippen LogP contribution is 2.16. The molecule has 132 valence electrons. The monoisotopic (exact) mass is 350 g/mol. The molecule has 0 spiro atoms. The van der Waals surface area contributed by atoms with E-state index in [9.17, 15) is 14.4 Å². The van der Waals surface area contributed by atoms with Gasteiger partial charge in [-0.05, 0) is 24.6 Å². The van der Waals surface area contributed by atoms with Crippen molar-refractivity contribution in [3.05, 3.63) is 60.2 Å². The molecule has 0 fully saturated rings. The Morgan fingerprint density at radius 2 is 1.69 bits per heavy atom. The minimum atomic E-state index is -0.498. The second-order valence-electron chi connectivity index (χ2n) is 5.76. The molecule has 0 saturated heterocycles. The van der Waals surface area contributed by atoms with Gasteiger partial charge in [0.25, 0.3) is 17.7 Å². The van der Waals surface area contributed by atoms with Gasteiger partial charge in [0.2, 0.25) is 5.84 Å². The van der Waals surface area contributed by atoms with Gasteiger partial charge in [0, 0.05) is 18.7 Å². The maximum Gasteiger partial charge on any atom is 0.289 e. The number of rotatable bonds is 6. The van der Waals surface area contributed by atoms with E-state index in [1.165, 1.54) is 0 Å². The summed E-state index contributed by atoms with van der Waals surface area (Å²) in [5, 5.41) is 5.44.